The summed E-state index contributed by atoms with van der Waals surface area (Å²) in [5.74, 6) is -2.91. The summed E-state index contributed by atoms with van der Waals surface area (Å²) in [6.07, 6.45) is 1.38. The summed E-state index contributed by atoms with van der Waals surface area (Å²) in [5.41, 5.74) is -0.802. The second-order valence-electron chi connectivity index (χ2n) is 6.34. The highest BCUT2D eigenvalue weighted by atomic mass is 16.7. The molecule has 2 fully saturated rings. The number of esters is 2. The molecule has 0 aliphatic carbocycles. The number of hydrogen-bond donors (Lipinski definition) is 0. The van der Waals surface area contributed by atoms with Gasteiger partial charge in [-0.25, -0.2) is 0 Å². The lowest BCUT2D eigenvalue weighted by Gasteiger charge is -2.49. The number of hydrogen-bond acceptors (Lipinski definition) is 5. The molecule has 2 saturated heterocycles. The summed E-state index contributed by atoms with van der Waals surface area (Å²) in [4.78, 5) is 25.8. The van der Waals surface area contributed by atoms with E-state index in [4.69, 9.17) is 14.2 Å². The summed E-state index contributed by atoms with van der Waals surface area (Å²) in [6, 6.07) is 9.21. The van der Waals surface area contributed by atoms with Crippen molar-refractivity contribution in [1.82, 2.24) is 0 Å². The minimum atomic E-state index is -1.54. The van der Waals surface area contributed by atoms with Crippen molar-refractivity contribution in [2.24, 2.45) is 11.3 Å². The Morgan fingerprint density at radius 2 is 1.74 bits per heavy atom. The first kappa shape index (κ1) is 15.7. The zero-order chi connectivity index (χ0) is 16.7. The Hall–Kier alpha value is -2.14. The van der Waals surface area contributed by atoms with Gasteiger partial charge in [0.25, 0.3) is 5.79 Å². The standard InChI is InChI=1S/C18H20O5/c1-4-13-10-11-21-14(12-8-6-5-7-9-12)18(13)15(19)22-17(2,3)23-16(18)20/h4-9,13-14H,1,10-11H2,2-3H3/t13-,14+/m0/s1. The molecular weight excluding hydrogens is 296 g/mol. The molecule has 122 valence electrons. The van der Waals surface area contributed by atoms with E-state index in [0.29, 0.717) is 13.0 Å². The van der Waals surface area contributed by atoms with Gasteiger partial charge in [-0.15, -0.1) is 6.58 Å². The van der Waals surface area contributed by atoms with Crippen LogP contribution in [0.2, 0.25) is 0 Å². The van der Waals surface area contributed by atoms with E-state index in [1.165, 1.54) is 0 Å². The summed E-state index contributed by atoms with van der Waals surface area (Å²) < 4.78 is 16.7. The Labute approximate surface area is 135 Å². The first-order valence-corrected chi connectivity index (χ1v) is 7.68. The van der Waals surface area contributed by atoms with Gasteiger partial charge in [-0.2, -0.15) is 0 Å². The van der Waals surface area contributed by atoms with Crippen LogP contribution in [0, 0.1) is 11.3 Å². The predicted octanol–water partition coefficient (Wildman–Crippen LogP) is 2.77. The van der Waals surface area contributed by atoms with Crippen LogP contribution < -0.4 is 0 Å². The second-order valence-corrected chi connectivity index (χ2v) is 6.34. The molecule has 0 aromatic heterocycles. The molecule has 5 heteroatoms. The molecule has 0 unspecified atom stereocenters. The maximum Gasteiger partial charge on any atom is 0.330 e. The average molecular weight is 316 g/mol. The predicted molar refractivity (Wildman–Crippen MR) is 82.1 cm³/mol. The van der Waals surface area contributed by atoms with E-state index >= 15 is 0 Å². The van der Waals surface area contributed by atoms with Gasteiger partial charge in [-0.3, -0.25) is 9.59 Å². The van der Waals surface area contributed by atoms with Crippen molar-refractivity contribution in [1.29, 1.82) is 0 Å². The number of carbonyl (C=O) groups excluding carboxylic acids is 2. The number of ether oxygens (including phenoxy) is 3. The molecule has 23 heavy (non-hydrogen) atoms. The van der Waals surface area contributed by atoms with Crippen LogP contribution in [-0.4, -0.2) is 24.3 Å². The van der Waals surface area contributed by atoms with Crippen LogP contribution in [0.5, 0.6) is 0 Å². The van der Waals surface area contributed by atoms with Gasteiger partial charge in [0.1, 0.15) is 6.10 Å². The molecular formula is C18H20O5. The van der Waals surface area contributed by atoms with Crippen molar-refractivity contribution in [2.45, 2.75) is 32.2 Å². The van der Waals surface area contributed by atoms with Gasteiger partial charge < -0.3 is 14.2 Å². The van der Waals surface area contributed by atoms with E-state index in [0.717, 1.165) is 5.56 Å². The molecule has 2 atom stereocenters. The van der Waals surface area contributed by atoms with Crippen molar-refractivity contribution in [3.63, 3.8) is 0 Å². The van der Waals surface area contributed by atoms with Crippen LogP contribution in [0.1, 0.15) is 31.9 Å². The minimum absolute atomic E-state index is 0.405. The fraction of sp³-hybridized carbons (Fsp3) is 0.444. The zero-order valence-electron chi connectivity index (χ0n) is 13.3. The van der Waals surface area contributed by atoms with Crippen LogP contribution in [0.15, 0.2) is 43.0 Å². The maximum absolute atomic E-state index is 12.9. The van der Waals surface area contributed by atoms with Gasteiger partial charge in [0.05, 0.1) is 0 Å². The van der Waals surface area contributed by atoms with E-state index in [1.807, 2.05) is 30.3 Å². The smallest absolute Gasteiger partial charge is 0.330 e. The number of allylic oxidation sites excluding steroid dienone is 1. The number of cyclic esters (lactones) is 2. The SMILES string of the molecule is C=C[C@H]1CCO[C@H](c2ccccc2)C12C(=O)OC(C)(C)OC2=O. The molecule has 2 aliphatic rings. The third kappa shape index (κ3) is 2.36. The fourth-order valence-electron chi connectivity index (χ4n) is 3.39. The Morgan fingerprint density at radius 3 is 2.30 bits per heavy atom. The molecule has 0 amide bonds. The van der Waals surface area contributed by atoms with Crippen LogP contribution in [0.4, 0.5) is 0 Å². The van der Waals surface area contributed by atoms with Crippen molar-refractivity contribution in [2.75, 3.05) is 6.61 Å². The van der Waals surface area contributed by atoms with E-state index < -0.39 is 35.2 Å². The van der Waals surface area contributed by atoms with E-state index in [9.17, 15) is 9.59 Å². The summed E-state index contributed by atoms with van der Waals surface area (Å²) in [6.45, 7) is 7.31. The molecule has 1 aromatic rings. The van der Waals surface area contributed by atoms with Gasteiger partial charge in [-0.05, 0) is 12.0 Å². The zero-order valence-corrected chi connectivity index (χ0v) is 13.3. The first-order valence-electron chi connectivity index (χ1n) is 7.68. The van der Waals surface area contributed by atoms with Crippen molar-refractivity contribution >= 4 is 11.9 Å². The van der Waals surface area contributed by atoms with Gasteiger partial charge in [-0.1, -0.05) is 36.4 Å². The highest BCUT2D eigenvalue weighted by Gasteiger charge is 2.66. The number of rotatable bonds is 2. The molecule has 1 aromatic carbocycles. The first-order chi connectivity index (χ1) is 10.9. The van der Waals surface area contributed by atoms with E-state index in [-0.39, 0.29) is 0 Å². The van der Waals surface area contributed by atoms with Gasteiger partial charge >= 0.3 is 11.9 Å². The number of benzene rings is 1. The van der Waals surface area contributed by atoms with Gasteiger partial charge in [0, 0.05) is 26.4 Å². The Balaban J connectivity index is 2.14. The Morgan fingerprint density at radius 1 is 1.13 bits per heavy atom. The van der Waals surface area contributed by atoms with Gasteiger partial charge in [0.15, 0.2) is 0 Å². The van der Waals surface area contributed by atoms with E-state index in [2.05, 4.69) is 6.58 Å². The molecule has 5 nitrogen and oxygen atoms in total. The van der Waals surface area contributed by atoms with Crippen LogP contribution in [0.3, 0.4) is 0 Å². The summed E-state index contributed by atoms with van der Waals surface area (Å²) in [7, 11) is 0. The second kappa shape index (κ2) is 5.49. The highest BCUT2D eigenvalue weighted by Crippen LogP contribution is 2.53. The van der Waals surface area contributed by atoms with Crippen LogP contribution >= 0.6 is 0 Å². The average Bonchev–Trinajstić information content (AvgIpc) is 2.52. The lowest BCUT2D eigenvalue weighted by molar-refractivity contribution is -0.270. The van der Waals surface area contributed by atoms with Crippen LogP contribution in [0.25, 0.3) is 0 Å². The maximum atomic E-state index is 12.9. The monoisotopic (exact) mass is 316 g/mol. The normalized spacial score (nSPS) is 28.8. The van der Waals surface area contributed by atoms with Crippen molar-refractivity contribution < 1.29 is 23.8 Å². The quantitative estimate of drug-likeness (QED) is 0.477. The minimum Gasteiger partial charge on any atom is -0.422 e. The third-order valence-electron chi connectivity index (χ3n) is 4.45. The summed E-state index contributed by atoms with van der Waals surface area (Å²) >= 11 is 0. The van der Waals surface area contributed by atoms with Crippen LogP contribution in [-0.2, 0) is 23.8 Å². The lowest BCUT2D eigenvalue weighted by atomic mass is 9.66. The van der Waals surface area contributed by atoms with Crippen molar-refractivity contribution in [3.8, 4) is 0 Å². The Bertz CT molecular complexity index is 614. The number of carbonyl (C=O) groups is 2. The molecule has 0 saturated carbocycles. The highest BCUT2D eigenvalue weighted by molar-refractivity contribution is 6.03. The molecule has 0 bridgehead atoms. The lowest BCUT2D eigenvalue weighted by Crippen LogP contribution is -2.61. The van der Waals surface area contributed by atoms with E-state index in [1.54, 1.807) is 19.9 Å². The Kier molecular flexibility index (Phi) is 3.76. The third-order valence-corrected chi connectivity index (χ3v) is 4.45. The largest absolute Gasteiger partial charge is 0.422 e. The fourth-order valence-corrected chi connectivity index (χ4v) is 3.39. The molecule has 1 spiro atoms. The molecule has 0 N–H and O–H groups in total. The molecule has 3 rings (SSSR count). The molecule has 0 radical (unpaired) electrons. The molecule has 2 heterocycles. The molecule has 2 aliphatic heterocycles. The summed E-state index contributed by atoms with van der Waals surface area (Å²) in [5, 5.41) is 0. The van der Waals surface area contributed by atoms with Crippen molar-refractivity contribution in [3.05, 3.63) is 48.6 Å². The van der Waals surface area contributed by atoms with Gasteiger partial charge in [0.2, 0.25) is 5.41 Å². The topological polar surface area (TPSA) is 61.8 Å².